The Balaban J connectivity index is 1.86. The molecule has 10 nitrogen and oxygen atoms in total. The number of hydrogen-bond acceptors (Lipinski definition) is 7. The number of ether oxygens (including phenoxy) is 1. The van der Waals surface area contributed by atoms with Crippen LogP contribution in [0.4, 0.5) is 4.79 Å². The van der Waals surface area contributed by atoms with Gasteiger partial charge < -0.3 is 4.74 Å². The largest absolute Gasteiger partial charge is 0.451 e. The minimum absolute atomic E-state index is 0.399. The van der Waals surface area contributed by atoms with Gasteiger partial charge in [-0.2, -0.15) is 4.68 Å². The highest BCUT2D eigenvalue weighted by atomic mass is 16.5. The molecule has 0 saturated heterocycles. The molecule has 10 heteroatoms. The fourth-order valence-corrected chi connectivity index (χ4v) is 2.90. The maximum atomic E-state index is 11.6. The first-order chi connectivity index (χ1) is 12.3. The molecule has 0 unspecified atom stereocenters. The minimum atomic E-state index is -0.632. The van der Waals surface area contributed by atoms with Crippen molar-refractivity contribution < 1.29 is 9.53 Å². The van der Waals surface area contributed by atoms with E-state index in [1.54, 1.807) is 12.5 Å². The number of fused-ring (bicyclic) bond motifs is 6. The zero-order valence-electron chi connectivity index (χ0n) is 12.9. The van der Waals surface area contributed by atoms with Gasteiger partial charge in [0.1, 0.15) is 12.0 Å². The summed E-state index contributed by atoms with van der Waals surface area (Å²) in [6.07, 6.45) is 4.26. The lowest BCUT2D eigenvalue weighted by Gasteiger charge is -2.06. The van der Waals surface area contributed by atoms with E-state index in [9.17, 15) is 4.79 Å². The third kappa shape index (κ3) is 1.78. The van der Waals surface area contributed by atoms with Gasteiger partial charge in [-0.05, 0) is 12.1 Å². The summed E-state index contributed by atoms with van der Waals surface area (Å²) < 4.78 is 9.42. The van der Waals surface area contributed by atoms with Crippen molar-refractivity contribution in [2.75, 3.05) is 7.11 Å². The molecule has 0 spiro atoms. The highest BCUT2D eigenvalue weighted by molar-refractivity contribution is 5.94. The summed E-state index contributed by atoms with van der Waals surface area (Å²) in [5.41, 5.74) is 2.82. The number of hydrogen-bond donors (Lipinski definition) is 0. The number of imidazole rings is 1. The van der Waals surface area contributed by atoms with Crippen LogP contribution >= 0.6 is 0 Å². The molecule has 0 fully saturated rings. The third-order valence-electron chi connectivity index (χ3n) is 4.00. The van der Waals surface area contributed by atoms with Crippen LogP contribution in [0, 0.1) is 0 Å². The molecule has 0 aliphatic heterocycles. The molecule has 4 heterocycles. The zero-order chi connectivity index (χ0) is 17.0. The molecular weight excluding hydrogens is 324 g/mol. The molecule has 4 aromatic heterocycles. The monoisotopic (exact) mass is 334 g/mol. The number of benzene rings is 1. The second kappa shape index (κ2) is 4.84. The SMILES string of the molecule is COC(=O)n1cc(-c2nnc3c4ccccc4n4cncc4n23)nn1. The Hall–Kier alpha value is -3.82. The summed E-state index contributed by atoms with van der Waals surface area (Å²) in [4.78, 5) is 15.8. The number of carbonyl (C=O) groups is 1. The van der Waals surface area contributed by atoms with E-state index in [4.69, 9.17) is 0 Å². The maximum Gasteiger partial charge on any atom is 0.435 e. The van der Waals surface area contributed by atoms with E-state index >= 15 is 0 Å². The van der Waals surface area contributed by atoms with Crippen LogP contribution in [0.5, 0.6) is 0 Å². The lowest BCUT2D eigenvalue weighted by atomic mass is 10.2. The van der Waals surface area contributed by atoms with Crippen molar-refractivity contribution in [1.29, 1.82) is 0 Å². The molecule has 0 radical (unpaired) electrons. The van der Waals surface area contributed by atoms with Gasteiger partial charge in [-0.25, -0.2) is 9.78 Å². The van der Waals surface area contributed by atoms with E-state index in [1.807, 2.05) is 33.1 Å². The second-order valence-electron chi connectivity index (χ2n) is 5.34. The molecule has 1 aromatic carbocycles. The highest BCUT2D eigenvalue weighted by Crippen LogP contribution is 2.25. The normalized spacial score (nSPS) is 11.6. The fourth-order valence-electron chi connectivity index (χ4n) is 2.90. The molecule has 0 atom stereocenters. The average Bonchev–Trinajstić information content (AvgIpc) is 3.38. The molecule has 0 aliphatic rings. The predicted octanol–water partition coefficient (Wildman–Crippen LogP) is 1.40. The Bertz CT molecular complexity index is 1260. The summed E-state index contributed by atoms with van der Waals surface area (Å²) in [5.74, 6) is 0.460. The summed E-state index contributed by atoms with van der Waals surface area (Å²) in [5, 5.41) is 17.3. The number of carbonyl (C=O) groups excluding carboxylic acids is 1. The molecule has 0 bridgehead atoms. The van der Waals surface area contributed by atoms with Crippen molar-refractivity contribution in [1.82, 2.24) is 39.0 Å². The van der Waals surface area contributed by atoms with Gasteiger partial charge in [-0.15, -0.1) is 15.3 Å². The molecule has 0 saturated carbocycles. The second-order valence-corrected chi connectivity index (χ2v) is 5.34. The van der Waals surface area contributed by atoms with Gasteiger partial charge in [0.15, 0.2) is 17.2 Å². The summed E-state index contributed by atoms with van der Waals surface area (Å²) in [6, 6.07) is 7.85. The van der Waals surface area contributed by atoms with Gasteiger partial charge >= 0.3 is 6.09 Å². The first-order valence-corrected chi connectivity index (χ1v) is 7.37. The van der Waals surface area contributed by atoms with Gasteiger partial charge in [0.25, 0.3) is 0 Å². The molecule has 5 rings (SSSR count). The predicted molar refractivity (Wildman–Crippen MR) is 86.1 cm³/mol. The first kappa shape index (κ1) is 13.6. The van der Waals surface area contributed by atoms with Crippen molar-refractivity contribution in [3.8, 4) is 11.5 Å². The summed E-state index contributed by atoms with van der Waals surface area (Å²) in [6.45, 7) is 0. The van der Waals surface area contributed by atoms with Crippen LogP contribution in [0.15, 0.2) is 43.0 Å². The number of para-hydroxylation sites is 1. The number of nitrogens with zero attached hydrogens (tertiary/aromatic N) is 8. The molecule has 0 aliphatic carbocycles. The van der Waals surface area contributed by atoms with Crippen molar-refractivity contribution in [2.45, 2.75) is 0 Å². The molecule has 0 amide bonds. The zero-order valence-corrected chi connectivity index (χ0v) is 12.9. The molecule has 5 aromatic rings. The quantitative estimate of drug-likeness (QED) is 0.456. The van der Waals surface area contributed by atoms with Crippen LogP contribution < -0.4 is 0 Å². The van der Waals surface area contributed by atoms with E-state index < -0.39 is 6.09 Å². The maximum absolute atomic E-state index is 11.6. The van der Waals surface area contributed by atoms with E-state index in [2.05, 4.69) is 30.2 Å². The van der Waals surface area contributed by atoms with Crippen LogP contribution in [0.3, 0.4) is 0 Å². The van der Waals surface area contributed by atoms with Crippen molar-refractivity contribution >= 4 is 28.3 Å². The van der Waals surface area contributed by atoms with Gasteiger partial charge in [-0.3, -0.25) is 8.80 Å². The lowest BCUT2D eigenvalue weighted by molar-refractivity contribution is 0.168. The summed E-state index contributed by atoms with van der Waals surface area (Å²) in [7, 11) is 1.28. The van der Waals surface area contributed by atoms with Gasteiger partial charge in [0.2, 0.25) is 0 Å². The third-order valence-corrected chi connectivity index (χ3v) is 4.00. The van der Waals surface area contributed by atoms with Crippen molar-refractivity contribution in [3.05, 3.63) is 43.0 Å². The van der Waals surface area contributed by atoms with Crippen LogP contribution in [0.2, 0.25) is 0 Å². The van der Waals surface area contributed by atoms with E-state index in [0.29, 0.717) is 17.2 Å². The topological polar surface area (TPSA) is 104 Å². The number of rotatable bonds is 1. The Morgan fingerprint density at radius 2 is 2.04 bits per heavy atom. The average molecular weight is 334 g/mol. The Morgan fingerprint density at radius 1 is 1.16 bits per heavy atom. The standard InChI is InChI=1S/C15H10N8O2/c1-25-15(24)22-7-10(17-20-22)14-19-18-13-9-4-2-3-5-11(9)21-8-16-6-12(21)23(13)14/h2-8H,1H3. The molecule has 122 valence electrons. The smallest absolute Gasteiger partial charge is 0.435 e. The van der Waals surface area contributed by atoms with Gasteiger partial charge in [-0.1, -0.05) is 17.3 Å². The lowest BCUT2D eigenvalue weighted by Crippen LogP contribution is -2.11. The number of methoxy groups -OCH3 is 1. The van der Waals surface area contributed by atoms with Crippen LogP contribution in [0.1, 0.15) is 0 Å². The molecular formula is C15H10N8O2. The van der Waals surface area contributed by atoms with E-state index in [-0.39, 0.29) is 0 Å². The first-order valence-electron chi connectivity index (χ1n) is 7.37. The van der Waals surface area contributed by atoms with Crippen LogP contribution in [0.25, 0.3) is 33.7 Å². The van der Waals surface area contributed by atoms with Gasteiger partial charge in [0, 0.05) is 5.39 Å². The molecule has 25 heavy (non-hydrogen) atoms. The van der Waals surface area contributed by atoms with Crippen LogP contribution in [-0.4, -0.2) is 52.2 Å². The summed E-state index contributed by atoms with van der Waals surface area (Å²) >= 11 is 0. The van der Waals surface area contributed by atoms with Crippen molar-refractivity contribution in [3.63, 3.8) is 0 Å². The van der Waals surface area contributed by atoms with Crippen LogP contribution in [-0.2, 0) is 4.74 Å². The van der Waals surface area contributed by atoms with E-state index in [1.165, 1.54) is 13.3 Å². The Morgan fingerprint density at radius 3 is 2.92 bits per heavy atom. The van der Waals surface area contributed by atoms with E-state index in [0.717, 1.165) is 21.2 Å². The molecule has 0 N–H and O–H groups in total. The number of aromatic nitrogens is 8. The Kier molecular flexibility index (Phi) is 2.63. The van der Waals surface area contributed by atoms with Gasteiger partial charge in [0.05, 0.1) is 25.0 Å². The minimum Gasteiger partial charge on any atom is -0.451 e. The Labute approximate surface area is 139 Å². The fraction of sp³-hybridized carbons (Fsp3) is 0.0667. The van der Waals surface area contributed by atoms with Crippen molar-refractivity contribution in [2.24, 2.45) is 0 Å². The highest BCUT2D eigenvalue weighted by Gasteiger charge is 2.19.